The normalized spacial score (nSPS) is 14.6. The Balaban J connectivity index is 1.55. The van der Waals surface area contributed by atoms with Crippen LogP contribution < -0.4 is 5.32 Å². The molecule has 1 N–H and O–H groups in total. The minimum Gasteiger partial charge on any atom is -0.307 e. The molecule has 0 aliphatic carbocycles. The van der Waals surface area contributed by atoms with E-state index in [1.807, 2.05) is 18.2 Å². The summed E-state index contributed by atoms with van der Waals surface area (Å²) in [6, 6.07) is 11.3. The fraction of sp³-hybridized carbons (Fsp3) is 0.280. The molecule has 1 saturated heterocycles. The predicted molar refractivity (Wildman–Crippen MR) is 137 cm³/mol. The van der Waals surface area contributed by atoms with Gasteiger partial charge in [-0.3, -0.25) is 19.4 Å². The third-order valence-electron chi connectivity index (χ3n) is 6.11. The van der Waals surface area contributed by atoms with Crippen LogP contribution in [0.5, 0.6) is 0 Å². The molecule has 1 aromatic carbocycles. The number of nitrogens with zero attached hydrogens (tertiary/aromatic N) is 8. The Labute approximate surface area is 213 Å². The molecule has 1 fully saturated rings. The first-order valence-corrected chi connectivity index (χ1v) is 11.9. The molecule has 0 saturated carbocycles. The third-order valence-corrected chi connectivity index (χ3v) is 6.40. The summed E-state index contributed by atoms with van der Waals surface area (Å²) >= 11 is 6.53. The molecular weight excluding hydrogens is 478 g/mol. The van der Waals surface area contributed by atoms with Gasteiger partial charge in [0, 0.05) is 56.6 Å². The van der Waals surface area contributed by atoms with Crippen molar-refractivity contribution in [3.63, 3.8) is 0 Å². The first-order valence-electron chi connectivity index (χ1n) is 11.5. The van der Waals surface area contributed by atoms with Gasteiger partial charge >= 0.3 is 0 Å². The van der Waals surface area contributed by atoms with E-state index >= 15 is 0 Å². The van der Waals surface area contributed by atoms with Crippen molar-refractivity contribution in [3.05, 3.63) is 53.4 Å². The van der Waals surface area contributed by atoms with Crippen LogP contribution >= 0.6 is 11.6 Å². The number of nitriles is 1. The molecule has 10 nitrogen and oxygen atoms in total. The molecule has 0 spiro atoms. The number of halogens is 1. The number of aromatic nitrogens is 5. The van der Waals surface area contributed by atoms with Crippen molar-refractivity contribution in [1.82, 2.24) is 34.5 Å². The van der Waals surface area contributed by atoms with Gasteiger partial charge in [0.25, 0.3) is 0 Å². The number of piperazine rings is 1. The van der Waals surface area contributed by atoms with E-state index in [0.29, 0.717) is 33.2 Å². The largest absolute Gasteiger partial charge is 0.307 e. The van der Waals surface area contributed by atoms with E-state index in [1.54, 1.807) is 36.3 Å². The van der Waals surface area contributed by atoms with Crippen LogP contribution in [0.1, 0.15) is 5.69 Å². The van der Waals surface area contributed by atoms with Crippen molar-refractivity contribution in [2.75, 3.05) is 45.1 Å². The molecule has 182 valence electrons. The maximum absolute atomic E-state index is 12.8. The average molecular weight is 502 g/mol. The van der Waals surface area contributed by atoms with Crippen LogP contribution in [-0.4, -0.2) is 80.2 Å². The number of fused-ring (bicyclic) bond motifs is 1. The van der Waals surface area contributed by atoms with Crippen LogP contribution in [0.2, 0.25) is 5.02 Å². The first-order chi connectivity index (χ1) is 17.4. The number of benzene rings is 1. The Hall–Kier alpha value is -3.91. The van der Waals surface area contributed by atoms with Crippen molar-refractivity contribution in [2.45, 2.75) is 0 Å². The molecule has 5 rings (SSSR count). The fourth-order valence-electron chi connectivity index (χ4n) is 4.19. The quantitative estimate of drug-likeness (QED) is 0.444. The zero-order valence-corrected chi connectivity index (χ0v) is 20.7. The van der Waals surface area contributed by atoms with Gasteiger partial charge in [-0.1, -0.05) is 17.7 Å². The summed E-state index contributed by atoms with van der Waals surface area (Å²) in [6.07, 6.45) is 3.47. The highest BCUT2D eigenvalue weighted by Gasteiger charge is 2.22. The second-order valence-electron chi connectivity index (χ2n) is 8.77. The summed E-state index contributed by atoms with van der Waals surface area (Å²) in [5, 5.41) is 18.4. The summed E-state index contributed by atoms with van der Waals surface area (Å²) < 4.78 is 1.65. The van der Waals surface area contributed by atoms with Crippen LogP contribution in [0.15, 0.2) is 42.7 Å². The van der Waals surface area contributed by atoms with Gasteiger partial charge in [-0.15, -0.1) is 0 Å². The first kappa shape index (κ1) is 23.8. The van der Waals surface area contributed by atoms with Gasteiger partial charge in [-0.25, -0.2) is 9.97 Å². The molecule has 0 bridgehead atoms. The molecule has 11 heteroatoms. The minimum atomic E-state index is -0.245. The van der Waals surface area contributed by atoms with E-state index in [9.17, 15) is 10.1 Å². The van der Waals surface area contributed by atoms with Gasteiger partial charge in [-0.2, -0.15) is 10.4 Å². The van der Waals surface area contributed by atoms with Crippen LogP contribution in [0.25, 0.3) is 33.5 Å². The van der Waals surface area contributed by atoms with Gasteiger partial charge in [0.15, 0.2) is 11.5 Å². The number of likely N-dealkylation sites (N-methyl/N-ethyl adjacent to an activating group) is 1. The molecule has 36 heavy (non-hydrogen) atoms. The number of anilines is 1. The van der Waals surface area contributed by atoms with E-state index in [-0.39, 0.29) is 24.0 Å². The lowest BCUT2D eigenvalue weighted by molar-refractivity contribution is -0.117. The SMILES string of the molecule is CN1CCN(CC(=O)Nc2nc(-c3ccn(C)n3)c(-c3cc(Cl)c4ncccc4c3)nc2C#N)CC1. The molecule has 4 aromatic rings. The Morgan fingerprint density at radius 1 is 1.14 bits per heavy atom. The molecule has 4 heterocycles. The number of carbonyl (C=O) groups is 1. The lowest BCUT2D eigenvalue weighted by Crippen LogP contribution is -2.47. The van der Waals surface area contributed by atoms with Crippen molar-refractivity contribution in [1.29, 1.82) is 5.26 Å². The Morgan fingerprint density at radius 3 is 2.67 bits per heavy atom. The highest BCUT2D eigenvalue weighted by atomic mass is 35.5. The molecule has 3 aromatic heterocycles. The molecular formula is C25H24ClN9O. The van der Waals surface area contributed by atoms with Crippen LogP contribution in [0, 0.1) is 11.3 Å². The number of pyridine rings is 1. The smallest absolute Gasteiger partial charge is 0.239 e. The highest BCUT2D eigenvalue weighted by Crippen LogP contribution is 2.34. The second kappa shape index (κ2) is 9.99. The molecule has 0 atom stereocenters. The van der Waals surface area contributed by atoms with E-state index in [1.165, 1.54) is 0 Å². The van der Waals surface area contributed by atoms with Crippen LogP contribution in [0.3, 0.4) is 0 Å². The van der Waals surface area contributed by atoms with E-state index in [0.717, 1.165) is 31.6 Å². The second-order valence-corrected chi connectivity index (χ2v) is 9.17. The predicted octanol–water partition coefficient (Wildman–Crippen LogP) is 2.80. The molecule has 1 amide bonds. The zero-order chi connectivity index (χ0) is 25.2. The number of hydrogen-bond acceptors (Lipinski definition) is 8. The summed E-state index contributed by atoms with van der Waals surface area (Å²) in [4.78, 5) is 30.8. The van der Waals surface area contributed by atoms with Crippen molar-refractivity contribution in [2.24, 2.45) is 7.05 Å². The molecule has 1 aliphatic heterocycles. The number of amides is 1. The van der Waals surface area contributed by atoms with Crippen molar-refractivity contribution >= 4 is 34.2 Å². The Kier molecular flexibility index (Phi) is 6.61. The lowest BCUT2D eigenvalue weighted by Gasteiger charge is -2.31. The monoisotopic (exact) mass is 501 g/mol. The standard InChI is InChI=1S/C25H24ClN9O/c1-33-8-10-35(11-9-33)15-21(36)30-25-20(14-27)29-23(24(31-25)19-5-7-34(2)32-19)17-12-16-4-3-6-28-22(16)18(26)13-17/h3-7,12-13H,8-11,15H2,1-2H3,(H,30,31,36). The topological polar surface area (TPSA) is 116 Å². The number of nitrogens with one attached hydrogen (secondary N) is 1. The lowest BCUT2D eigenvalue weighted by atomic mass is 10.0. The number of carbonyl (C=O) groups excluding carboxylic acids is 1. The highest BCUT2D eigenvalue weighted by molar-refractivity contribution is 6.35. The van der Waals surface area contributed by atoms with E-state index < -0.39 is 0 Å². The summed E-state index contributed by atoms with van der Waals surface area (Å²) in [6.45, 7) is 3.62. The Bertz CT molecular complexity index is 1480. The van der Waals surface area contributed by atoms with Crippen LogP contribution in [-0.2, 0) is 11.8 Å². The maximum Gasteiger partial charge on any atom is 0.239 e. The van der Waals surface area contributed by atoms with Gasteiger partial charge in [-0.05, 0) is 31.3 Å². The third kappa shape index (κ3) is 4.90. The number of aryl methyl sites for hydroxylation is 1. The van der Waals surface area contributed by atoms with Gasteiger partial charge in [0.2, 0.25) is 5.91 Å². The molecule has 0 radical (unpaired) electrons. The summed E-state index contributed by atoms with van der Waals surface area (Å²) in [5.41, 5.74) is 2.78. The molecule has 1 aliphatic rings. The summed E-state index contributed by atoms with van der Waals surface area (Å²) in [7, 11) is 3.86. The average Bonchev–Trinajstić information content (AvgIpc) is 3.31. The van der Waals surface area contributed by atoms with E-state index in [2.05, 4.69) is 48.3 Å². The number of hydrogen-bond donors (Lipinski definition) is 1. The fourth-order valence-corrected chi connectivity index (χ4v) is 4.46. The maximum atomic E-state index is 12.8. The summed E-state index contributed by atoms with van der Waals surface area (Å²) in [5.74, 6) is -0.139. The van der Waals surface area contributed by atoms with Crippen LogP contribution in [0.4, 0.5) is 5.82 Å². The zero-order valence-electron chi connectivity index (χ0n) is 19.9. The van der Waals surface area contributed by atoms with Crippen molar-refractivity contribution in [3.8, 4) is 28.7 Å². The Morgan fingerprint density at radius 2 is 1.94 bits per heavy atom. The number of rotatable bonds is 5. The van der Waals surface area contributed by atoms with Gasteiger partial charge < -0.3 is 10.2 Å². The molecule has 0 unspecified atom stereocenters. The van der Waals surface area contributed by atoms with E-state index in [4.69, 9.17) is 11.6 Å². The van der Waals surface area contributed by atoms with Gasteiger partial charge in [0.1, 0.15) is 23.2 Å². The minimum absolute atomic E-state index is 0.0128. The van der Waals surface area contributed by atoms with Gasteiger partial charge in [0.05, 0.1) is 17.1 Å². The van der Waals surface area contributed by atoms with Crippen molar-refractivity contribution < 1.29 is 4.79 Å².